The average molecular weight is 387 g/mol. The first kappa shape index (κ1) is 18.6. The lowest BCUT2D eigenvalue weighted by Crippen LogP contribution is -2.14. The van der Waals surface area contributed by atoms with Crippen LogP contribution < -0.4 is 5.76 Å². The number of aliphatic imine (C=N–C) groups is 1. The van der Waals surface area contributed by atoms with Crippen LogP contribution in [0.2, 0.25) is 0 Å². The van der Waals surface area contributed by atoms with E-state index in [2.05, 4.69) is 15.0 Å². The van der Waals surface area contributed by atoms with Crippen LogP contribution in [0.4, 0.5) is 5.69 Å². The Hall–Kier alpha value is -3.74. The normalized spacial score (nSPS) is 11.4. The molecule has 0 saturated heterocycles. The lowest BCUT2D eigenvalue weighted by molar-refractivity contribution is 0.517. The maximum absolute atomic E-state index is 12.3. The molecule has 0 spiro atoms. The van der Waals surface area contributed by atoms with Crippen LogP contribution in [0.5, 0.6) is 0 Å². The first-order valence-electron chi connectivity index (χ1n) is 9.21. The van der Waals surface area contributed by atoms with Crippen LogP contribution in [0.15, 0.2) is 69.1 Å². The Labute approximate surface area is 168 Å². The zero-order chi connectivity index (χ0) is 20.4. The number of aryl methyl sites for hydroxylation is 1. The number of hydrogen-bond donors (Lipinski definition) is 0. The van der Waals surface area contributed by atoms with Gasteiger partial charge in [0, 0.05) is 19.7 Å². The highest BCUT2D eigenvalue weighted by atomic mass is 16.4. The molecule has 2 aromatic carbocycles. The van der Waals surface area contributed by atoms with Crippen molar-refractivity contribution in [3.05, 3.63) is 76.5 Å². The summed E-state index contributed by atoms with van der Waals surface area (Å²) in [6, 6.07) is 13.6. The van der Waals surface area contributed by atoms with E-state index in [4.69, 9.17) is 4.42 Å². The van der Waals surface area contributed by atoms with Gasteiger partial charge in [0.25, 0.3) is 0 Å². The average Bonchev–Trinajstić information content (AvgIpc) is 3.02. The van der Waals surface area contributed by atoms with Gasteiger partial charge in [-0.2, -0.15) is 0 Å². The fourth-order valence-electron chi connectivity index (χ4n) is 3.03. The van der Waals surface area contributed by atoms with Crippen LogP contribution in [0.25, 0.3) is 22.5 Å². The zero-order valence-corrected chi connectivity index (χ0v) is 16.5. The van der Waals surface area contributed by atoms with Gasteiger partial charge in [0.05, 0.1) is 30.8 Å². The molecule has 2 aromatic heterocycles. The van der Waals surface area contributed by atoms with Gasteiger partial charge in [0.15, 0.2) is 11.4 Å². The Bertz CT molecular complexity index is 1240. The molecule has 7 heteroatoms. The van der Waals surface area contributed by atoms with Gasteiger partial charge in [-0.05, 0) is 36.2 Å². The molecule has 0 aliphatic rings. The van der Waals surface area contributed by atoms with Crippen molar-refractivity contribution in [2.24, 2.45) is 4.99 Å². The molecule has 0 aliphatic heterocycles. The van der Waals surface area contributed by atoms with Crippen LogP contribution >= 0.6 is 0 Å². The fourth-order valence-corrected chi connectivity index (χ4v) is 3.03. The van der Waals surface area contributed by atoms with Crippen molar-refractivity contribution >= 4 is 23.1 Å². The van der Waals surface area contributed by atoms with Gasteiger partial charge in [0.1, 0.15) is 5.69 Å². The highest BCUT2D eigenvalue weighted by Crippen LogP contribution is 2.20. The summed E-state index contributed by atoms with van der Waals surface area (Å²) in [5.74, 6) is 0.242. The fraction of sp³-hybridized carbons (Fsp3) is 0.182. The molecule has 2 heterocycles. The van der Waals surface area contributed by atoms with Crippen molar-refractivity contribution in [2.75, 3.05) is 14.1 Å². The van der Waals surface area contributed by atoms with E-state index in [1.54, 1.807) is 23.3 Å². The van der Waals surface area contributed by atoms with E-state index >= 15 is 0 Å². The summed E-state index contributed by atoms with van der Waals surface area (Å²) < 4.78 is 7.00. The summed E-state index contributed by atoms with van der Waals surface area (Å²) >= 11 is 0. The molecule has 0 aliphatic carbocycles. The summed E-state index contributed by atoms with van der Waals surface area (Å²) in [6.45, 7) is 2.40. The highest BCUT2D eigenvalue weighted by molar-refractivity contribution is 5.74. The van der Waals surface area contributed by atoms with Crippen LogP contribution in [-0.4, -0.2) is 39.9 Å². The van der Waals surface area contributed by atoms with E-state index in [-0.39, 0.29) is 5.76 Å². The van der Waals surface area contributed by atoms with Crippen molar-refractivity contribution in [1.82, 2.24) is 19.4 Å². The number of oxazole rings is 1. The van der Waals surface area contributed by atoms with E-state index in [0.717, 1.165) is 22.2 Å². The standard InChI is InChI=1S/C22H21N5O2/c1-15-7-8-20-19(9-15)27(22(28)29-20)13-16-5-4-6-17(10-16)21-23-11-18(12-24-21)25-14-26(2)3/h4-12,14H,13H2,1-3H3/b25-14+. The van der Waals surface area contributed by atoms with Gasteiger partial charge in [-0.1, -0.05) is 24.3 Å². The summed E-state index contributed by atoms with van der Waals surface area (Å²) in [6.07, 6.45) is 5.07. The van der Waals surface area contributed by atoms with Crippen molar-refractivity contribution < 1.29 is 4.42 Å². The minimum absolute atomic E-state index is 0.365. The topological polar surface area (TPSA) is 76.5 Å². The van der Waals surface area contributed by atoms with Gasteiger partial charge in [0.2, 0.25) is 0 Å². The second kappa shape index (κ2) is 7.71. The number of fused-ring (bicyclic) bond motifs is 1. The second-order valence-corrected chi connectivity index (χ2v) is 7.10. The van der Waals surface area contributed by atoms with Gasteiger partial charge in [-0.3, -0.25) is 4.57 Å². The molecule has 4 rings (SSSR count). The van der Waals surface area contributed by atoms with Crippen LogP contribution in [0, 0.1) is 6.92 Å². The predicted octanol–water partition coefficient (Wildman–Crippen LogP) is 3.63. The maximum atomic E-state index is 12.3. The molecule has 146 valence electrons. The number of nitrogens with zero attached hydrogens (tertiary/aromatic N) is 5. The van der Waals surface area contributed by atoms with E-state index < -0.39 is 0 Å². The minimum atomic E-state index is -0.365. The summed E-state index contributed by atoms with van der Waals surface area (Å²) in [4.78, 5) is 27.3. The number of hydrogen-bond acceptors (Lipinski definition) is 5. The third-order valence-corrected chi connectivity index (χ3v) is 4.42. The molecule has 0 N–H and O–H groups in total. The molecule has 29 heavy (non-hydrogen) atoms. The molecule has 0 unspecified atom stereocenters. The molecular weight excluding hydrogens is 366 g/mol. The third-order valence-electron chi connectivity index (χ3n) is 4.42. The quantitative estimate of drug-likeness (QED) is 0.386. The predicted molar refractivity (Wildman–Crippen MR) is 114 cm³/mol. The maximum Gasteiger partial charge on any atom is 0.420 e. The van der Waals surface area contributed by atoms with Crippen molar-refractivity contribution in [3.63, 3.8) is 0 Å². The van der Waals surface area contributed by atoms with Crippen molar-refractivity contribution in [1.29, 1.82) is 0 Å². The zero-order valence-electron chi connectivity index (χ0n) is 16.5. The Kier molecular flexibility index (Phi) is 4.95. The number of benzene rings is 2. The summed E-state index contributed by atoms with van der Waals surface area (Å²) in [5, 5.41) is 0. The monoisotopic (exact) mass is 387 g/mol. The Morgan fingerprint density at radius 3 is 2.69 bits per heavy atom. The molecule has 0 radical (unpaired) electrons. The second-order valence-electron chi connectivity index (χ2n) is 7.10. The van der Waals surface area contributed by atoms with E-state index in [9.17, 15) is 4.79 Å². The number of rotatable bonds is 5. The first-order chi connectivity index (χ1) is 14.0. The molecular formula is C22H21N5O2. The third kappa shape index (κ3) is 4.08. The van der Waals surface area contributed by atoms with Gasteiger partial charge in [-0.15, -0.1) is 0 Å². The molecule has 7 nitrogen and oxygen atoms in total. The first-order valence-corrected chi connectivity index (χ1v) is 9.21. The van der Waals surface area contributed by atoms with E-state index in [1.165, 1.54) is 0 Å². The lowest BCUT2D eigenvalue weighted by atomic mass is 10.1. The highest BCUT2D eigenvalue weighted by Gasteiger charge is 2.11. The SMILES string of the molecule is Cc1ccc2oc(=O)n(Cc3cccc(-c4ncc(/N=C/N(C)C)cn4)c3)c2c1. The molecule has 4 aromatic rings. The Morgan fingerprint density at radius 1 is 1.14 bits per heavy atom. The molecule has 0 saturated carbocycles. The molecule has 0 fully saturated rings. The van der Waals surface area contributed by atoms with Gasteiger partial charge < -0.3 is 9.32 Å². The lowest BCUT2D eigenvalue weighted by Gasteiger charge is -2.06. The Balaban J connectivity index is 1.62. The van der Waals surface area contributed by atoms with E-state index in [1.807, 2.05) is 68.4 Å². The molecule has 0 atom stereocenters. The van der Waals surface area contributed by atoms with Crippen LogP contribution in [0.3, 0.4) is 0 Å². The summed E-state index contributed by atoms with van der Waals surface area (Å²) in [5.41, 5.74) is 4.99. The molecule has 0 amide bonds. The largest absolute Gasteiger partial charge is 0.420 e. The smallest absolute Gasteiger partial charge is 0.408 e. The molecule has 0 bridgehead atoms. The number of aromatic nitrogens is 3. The van der Waals surface area contributed by atoms with Crippen LogP contribution in [-0.2, 0) is 6.54 Å². The minimum Gasteiger partial charge on any atom is -0.408 e. The van der Waals surface area contributed by atoms with E-state index in [0.29, 0.717) is 23.6 Å². The summed E-state index contributed by atoms with van der Waals surface area (Å²) in [7, 11) is 3.81. The van der Waals surface area contributed by atoms with Crippen molar-refractivity contribution in [3.8, 4) is 11.4 Å². The van der Waals surface area contributed by atoms with Crippen molar-refractivity contribution in [2.45, 2.75) is 13.5 Å². The van der Waals surface area contributed by atoms with Gasteiger partial charge in [-0.25, -0.2) is 19.8 Å². The van der Waals surface area contributed by atoms with Crippen LogP contribution in [0.1, 0.15) is 11.1 Å². The van der Waals surface area contributed by atoms with Gasteiger partial charge >= 0.3 is 5.76 Å². The Morgan fingerprint density at radius 2 is 1.93 bits per heavy atom.